The van der Waals surface area contributed by atoms with Gasteiger partial charge in [-0.15, -0.1) is 0 Å². The number of anilines is 2. The first-order valence-corrected chi connectivity index (χ1v) is 7.73. The largest absolute Gasteiger partial charge is 0.323 e. The molecule has 1 aromatic heterocycles. The average Bonchev–Trinajstić information content (AvgIpc) is 2.85. The maximum Gasteiger partial charge on any atom is 0.207 e. The van der Waals surface area contributed by atoms with Gasteiger partial charge >= 0.3 is 0 Å². The van der Waals surface area contributed by atoms with Crippen molar-refractivity contribution in [3.8, 4) is 0 Å². The van der Waals surface area contributed by atoms with Crippen LogP contribution < -0.4 is 5.32 Å². The Bertz CT molecular complexity index is 607. The van der Waals surface area contributed by atoms with Crippen LogP contribution in [0.2, 0.25) is 0 Å². The molecule has 0 bridgehead atoms. The van der Waals surface area contributed by atoms with Crippen LogP contribution in [0.5, 0.6) is 0 Å². The van der Waals surface area contributed by atoms with E-state index in [9.17, 15) is 4.39 Å². The Kier molecular flexibility index (Phi) is 3.95. The number of halogens is 1. The average molecular weight is 287 g/mol. The molecule has 21 heavy (non-hydrogen) atoms. The number of nitrogens with one attached hydrogen (secondary N) is 1. The molecule has 112 valence electrons. The molecule has 1 aromatic carbocycles. The van der Waals surface area contributed by atoms with Gasteiger partial charge in [-0.05, 0) is 38.3 Å². The molecule has 0 aliphatic heterocycles. The van der Waals surface area contributed by atoms with Crippen molar-refractivity contribution < 1.29 is 4.39 Å². The van der Waals surface area contributed by atoms with Gasteiger partial charge in [-0.2, -0.15) is 0 Å². The Balaban J connectivity index is 1.92. The molecule has 1 N–H and O–H groups in total. The lowest BCUT2D eigenvalue weighted by atomic mass is 9.95. The normalized spacial score (nSPS) is 16.1. The van der Waals surface area contributed by atoms with E-state index in [0.717, 1.165) is 17.2 Å². The van der Waals surface area contributed by atoms with E-state index in [1.807, 2.05) is 19.9 Å². The number of benzene rings is 1. The van der Waals surface area contributed by atoms with Crippen LogP contribution >= 0.6 is 0 Å². The summed E-state index contributed by atoms with van der Waals surface area (Å²) in [6.45, 7) is 3.89. The van der Waals surface area contributed by atoms with Gasteiger partial charge in [-0.3, -0.25) is 0 Å². The summed E-state index contributed by atoms with van der Waals surface area (Å²) in [6.07, 6.45) is 8.29. The Hall–Kier alpha value is -1.84. The molecule has 0 atom stereocenters. The fourth-order valence-electron chi connectivity index (χ4n) is 3.15. The molecule has 3 rings (SSSR count). The van der Waals surface area contributed by atoms with Crippen molar-refractivity contribution in [3.05, 3.63) is 41.5 Å². The van der Waals surface area contributed by atoms with E-state index in [1.54, 1.807) is 6.07 Å². The number of aryl methyl sites for hydroxylation is 2. The maximum atomic E-state index is 14.0. The second kappa shape index (κ2) is 5.88. The summed E-state index contributed by atoms with van der Waals surface area (Å²) < 4.78 is 16.2. The SMILES string of the molecule is Cc1cn(C2CCCCC2)c(Nc2c(C)cccc2F)n1. The third kappa shape index (κ3) is 2.94. The number of imidazole rings is 1. The minimum atomic E-state index is -0.231. The Labute approximate surface area is 125 Å². The molecule has 2 aromatic rings. The molecule has 0 radical (unpaired) electrons. The molecule has 1 heterocycles. The highest BCUT2D eigenvalue weighted by Gasteiger charge is 2.19. The van der Waals surface area contributed by atoms with E-state index in [0.29, 0.717) is 11.7 Å². The lowest BCUT2D eigenvalue weighted by molar-refractivity contribution is 0.356. The predicted octanol–water partition coefficient (Wildman–Crippen LogP) is 4.89. The van der Waals surface area contributed by atoms with Crippen LogP contribution in [0.3, 0.4) is 0 Å². The zero-order valence-electron chi connectivity index (χ0n) is 12.7. The monoisotopic (exact) mass is 287 g/mol. The summed E-state index contributed by atoms with van der Waals surface area (Å²) in [5.41, 5.74) is 2.39. The molecule has 0 amide bonds. The van der Waals surface area contributed by atoms with Crippen molar-refractivity contribution in [2.24, 2.45) is 0 Å². The lowest BCUT2D eigenvalue weighted by Crippen LogP contribution is -2.14. The van der Waals surface area contributed by atoms with Crippen LogP contribution in [0.4, 0.5) is 16.0 Å². The molecule has 0 saturated heterocycles. The predicted molar refractivity (Wildman–Crippen MR) is 83.5 cm³/mol. The number of nitrogens with zero attached hydrogens (tertiary/aromatic N) is 2. The summed E-state index contributed by atoms with van der Waals surface area (Å²) in [7, 11) is 0. The van der Waals surface area contributed by atoms with Crippen molar-refractivity contribution in [1.29, 1.82) is 0 Å². The van der Waals surface area contributed by atoms with Gasteiger partial charge in [0, 0.05) is 12.2 Å². The zero-order valence-corrected chi connectivity index (χ0v) is 12.7. The molecule has 1 fully saturated rings. The zero-order chi connectivity index (χ0) is 14.8. The first-order chi connectivity index (χ1) is 10.1. The third-order valence-electron chi connectivity index (χ3n) is 4.28. The highest BCUT2D eigenvalue weighted by atomic mass is 19.1. The Morgan fingerprint density at radius 2 is 1.95 bits per heavy atom. The first kappa shape index (κ1) is 14.1. The van der Waals surface area contributed by atoms with Gasteiger partial charge in [0.05, 0.1) is 11.4 Å². The minimum absolute atomic E-state index is 0.231. The summed E-state index contributed by atoms with van der Waals surface area (Å²) in [5.74, 6) is 0.526. The van der Waals surface area contributed by atoms with Gasteiger partial charge in [0.2, 0.25) is 5.95 Å². The summed E-state index contributed by atoms with van der Waals surface area (Å²) >= 11 is 0. The lowest BCUT2D eigenvalue weighted by Gasteiger charge is -2.25. The molecule has 1 saturated carbocycles. The second-order valence-electron chi connectivity index (χ2n) is 5.96. The molecule has 0 spiro atoms. The minimum Gasteiger partial charge on any atom is -0.323 e. The van der Waals surface area contributed by atoms with E-state index in [2.05, 4.69) is 21.1 Å². The van der Waals surface area contributed by atoms with E-state index in [-0.39, 0.29) is 5.82 Å². The summed E-state index contributed by atoms with van der Waals surface area (Å²) in [5, 5.41) is 3.20. The molecular formula is C17H22FN3. The van der Waals surface area contributed by atoms with Crippen molar-refractivity contribution in [2.45, 2.75) is 52.0 Å². The van der Waals surface area contributed by atoms with Crippen LogP contribution in [0.25, 0.3) is 0 Å². The molecular weight excluding hydrogens is 265 g/mol. The quantitative estimate of drug-likeness (QED) is 0.871. The van der Waals surface area contributed by atoms with Gasteiger partial charge in [0.25, 0.3) is 0 Å². The van der Waals surface area contributed by atoms with Crippen LogP contribution in [0.15, 0.2) is 24.4 Å². The second-order valence-corrected chi connectivity index (χ2v) is 5.96. The highest BCUT2D eigenvalue weighted by molar-refractivity contribution is 5.59. The fraction of sp³-hybridized carbons (Fsp3) is 0.471. The van der Waals surface area contributed by atoms with Crippen molar-refractivity contribution >= 4 is 11.6 Å². The van der Waals surface area contributed by atoms with E-state index < -0.39 is 0 Å². The highest BCUT2D eigenvalue weighted by Crippen LogP contribution is 2.32. The van der Waals surface area contributed by atoms with Crippen LogP contribution in [-0.4, -0.2) is 9.55 Å². The third-order valence-corrected chi connectivity index (χ3v) is 4.28. The van der Waals surface area contributed by atoms with E-state index in [4.69, 9.17) is 0 Å². The van der Waals surface area contributed by atoms with Crippen molar-refractivity contribution in [2.75, 3.05) is 5.32 Å². The first-order valence-electron chi connectivity index (χ1n) is 7.73. The molecule has 1 aliphatic rings. The van der Waals surface area contributed by atoms with Crippen molar-refractivity contribution in [1.82, 2.24) is 9.55 Å². The van der Waals surface area contributed by atoms with Crippen molar-refractivity contribution in [3.63, 3.8) is 0 Å². The number of para-hydroxylation sites is 1. The molecule has 3 nitrogen and oxygen atoms in total. The van der Waals surface area contributed by atoms with E-state index in [1.165, 1.54) is 38.2 Å². The van der Waals surface area contributed by atoms with Gasteiger partial charge in [-0.25, -0.2) is 9.37 Å². The molecule has 1 aliphatic carbocycles. The van der Waals surface area contributed by atoms with Gasteiger partial charge in [0.1, 0.15) is 5.82 Å². The number of hydrogen-bond acceptors (Lipinski definition) is 2. The van der Waals surface area contributed by atoms with Gasteiger partial charge in [0.15, 0.2) is 0 Å². The maximum absolute atomic E-state index is 14.0. The van der Waals surface area contributed by atoms with E-state index >= 15 is 0 Å². The topological polar surface area (TPSA) is 29.9 Å². The van der Waals surface area contributed by atoms with Gasteiger partial charge in [-0.1, -0.05) is 31.4 Å². The van der Waals surface area contributed by atoms with Crippen LogP contribution in [0.1, 0.15) is 49.4 Å². The molecule has 4 heteroatoms. The Morgan fingerprint density at radius 1 is 1.19 bits per heavy atom. The number of aromatic nitrogens is 2. The summed E-state index contributed by atoms with van der Waals surface area (Å²) in [4.78, 5) is 4.55. The number of hydrogen-bond donors (Lipinski definition) is 1. The van der Waals surface area contributed by atoms with Gasteiger partial charge < -0.3 is 9.88 Å². The summed E-state index contributed by atoms with van der Waals surface area (Å²) in [6, 6.07) is 5.60. The Morgan fingerprint density at radius 3 is 2.67 bits per heavy atom. The smallest absolute Gasteiger partial charge is 0.207 e. The molecule has 0 unspecified atom stereocenters. The van der Waals surface area contributed by atoms with Crippen LogP contribution in [-0.2, 0) is 0 Å². The standard InChI is InChI=1S/C17H22FN3/c1-12-7-6-10-15(18)16(12)20-17-19-13(2)11-21(17)14-8-4-3-5-9-14/h6-7,10-11,14H,3-5,8-9H2,1-2H3,(H,19,20). The fourth-order valence-corrected chi connectivity index (χ4v) is 3.15. The van der Waals surface area contributed by atoms with Crippen LogP contribution in [0, 0.1) is 19.7 Å². The number of rotatable bonds is 3.